The molecule has 6 nitrogen and oxygen atoms in total. The summed E-state index contributed by atoms with van der Waals surface area (Å²) < 4.78 is 26.7. The predicted molar refractivity (Wildman–Crippen MR) is 74.7 cm³/mol. The number of halogens is 1. The van der Waals surface area contributed by atoms with E-state index in [2.05, 4.69) is 14.7 Å². The number of sulfonamides is 1. The van der Waals surface area contributed by atoms with Crippen LogP contribution < -0.4 is 10.5 Å². The van der Waals surface area contributed by atoms with Gasteiger partial charge in [0.1, 0.15) is 5.82 Å². The monoisotopic (exact) mass is 300 g/mol. The molecule has 0 saturated carbocycles. The van der Waals surface area contributed by atoms with Gasteiger partial charge in [-0.3, -0.25) is 4.72 Å². The maximum atomic E-state index is 12.1. The third-order valence-corrected chi connectivity index (χ3v) is 4.16. The second kappa shape index (κ2) is 4.75. The second-order valence-electron chi connectivity index (χ2n) is 4.13. The largest absolute Gasteiger partial charge is 0.398 e. The van der Waals surface area contributed by atoms with Crippen molar-refractivity contribution >= 4 is 33.0 Å². The molecule has 0 spiro atoms. The van der Waals surface area contributed by atoms with E-state index in [4.69, 9.17) is 17.3 Å². The van der Waals surface area contributed by atoms with Gasteiger partial charge in [0.15, 0.2) is 5.03 Å². The average Bonchev–Trinajstić information content (AvgIpc) is 2.73. The molecule has 0 bridgehead atoms. The first kappa shape index (κ1) is 13.7. The summed E-state index contributed by atoms with van der Waals surface area (Å²) in [6.07, 6.45) is 1.26. The number of hydrogen-bond acceptors (Lipinski definition) is 4. The molecule has 0 aliphatic rings. The van der Waals surface area contributed by atoms with Crippen molar-refractivity contribution in [2.24, 2.45) is 0 Å². The number of nitrogens with two attached hydrogens (primary N) is 1. The fourth-order valence-corrected chi connectivity index (χ4v) is 2.80. The number of aryl methyl sites for hydroxylation is 2. The summed E-state index contributed by atoms with van der Waals surface area (Å²) in [5, 5.41) is 0.293. The molecule has 0 saturated heterocycles. The lowest BCUT2D eigenvalue weighted by molar-refractivity contribution is 0.598. The van der Waals surface area contributed by atoms with E-state index in [1.807, 2.05) is 0 Å². The van der Waals surface area contributed by atoms with Crippen molar-refractivity contribution in [3.8, 4) is 0 Å². The van der Waals surface area contributed by atoms with Crippen molar-refractivity contribution in [2.45, 2.75) is 18.9 Å². The van der Waals surface area contributed by atoms with Crippen LogP contribution in [0.4, 0.5) is 11.4 Å². The van der Waals surface area contributed by atoms with Crippen LogP contribution in [0.25, 0.3) is 0 Å². The van der Waals surface area contributed by atoms with Crippen molar-refractivity contribution in [1.82, 2.24) is 9.97 Å². The second-order valence-corrected chi connectivity index (χ2v) is 6.19. The molecule has 8 heteroatoms. The number of aromatic amines is 1. The van der Waals surface area contributed by atoms with Crippen LogP contribution in [0.2, 0.25) is 5.02 Å². The van der Waals surface area contributed by atoms with Crippen LogP contribution in [-0.4, -0.2) is 18.4 Å². The van der Waals surface area contributed by atoms with Gasteiger partial charge < -0.3 is 10.7 Å². The van der Waals surface area contributed by atoms with Crippen LogP contribution in [0.3, 0.4) is 0 Å². The van der Waals surface area contributed by atoms with E-state index in [-0.39, 0.29) is 5.03 Å². The van der Waals surface area contributed by atoms with Crippen LogP contribution in [0.15, 0.2) is 23.4 Å². The molecule has 0 radical (unpaired) electrons. The van der Waals surface area contributed by atoms with Crippen molar-refractivity contribution in [2.75, 3.05) is 10.5 Å². The molecule has 2 rings (SSSR count). The molecule has 0 amide bonds. The zero-order chi connectivity index (χ0) is 14.2. The molecule has 19 heavy (non-hydrogen) atoms. The lowest BCUT2D eigenvalue weighted by atomic mass is 10.2. The minimum Gasteiger partial charge on any atom is -0.398 e. The molecule has 2 aromatic rings. The maximum absolute atomic E-state index is 12.1. The van der Waals surface area contributed by atoms with Gasteiger partial charge in [0.05, 0.1) is 22.6 Å². The van der Waals surface area contributed by atoms with E-state index in [0.29, 0.717) is 27.8 Å². The Balaban J connectivity index is 2.38. The Morgan fingerprint density at radius 1 is 1.37 bits per heavy atom. The normalized spacial score (nSPS) is 11.5. The lowest BCUT2D eigenvalue weighted by Crippen LogP contribution is -2.14. The van der Waals surface area contributed by atoms with Gasteiger partial charge in [-0.1, -0.05) is 11.6 Å². The zero-order valence-electron chi connectivity index (χ0n) is 10.4. The smallest absolute Gasteiger partial charge is 0.278 e. The van der Waals surface area contributed by atoms with Crippen LogP contribution in [0.1, 0.15) is 11.4 Å². The van der Waals surface area contributed by atoms with E-state index in [1.54, 1.807) is 19.9 Å². The molecule has 1 heterocycles. The van der Waals surface area contributed by atoms with Gasteiger partial charge in [-0.25, -0.2) is 4.98 Å². The summed E-state index contributed by atoms with van der Waals surface area (Å²) in [4.78, 5) is 6.52. The van der Waals surface area contributed by atoms with Crippen molar-refractivity contribution in [1.29, 1.82) is 0 Å². The van der Waals surface area contributed by atoms with Crippen LogP contribution in [0, 0.1) is 13.8 Å². The first-order valence-corrected chi connectivity index (χ1v) is 7.26. The number of H-pyrrole nitrogens is 1. The number of nitrogen functional groups attached to an aromatic ring is 1. The van der Waals surface area contributed by atoms with Gasteiger partial charge >= 0.3 is 0 Å². The number of rotatable bonds is 3. The topological polar surface area (TPSA) is 101 Å². The van der Waals surface area contributed by atoms with E-state index < -0.39 is 10.0 Å². The SMILES string of the molecule is Cc1ncc(S(=O)(=O)Nc2cc(Cl)c(N)cc2C)[nH]1. The van der Waals surface area contributed by atoms with Crippen molar-refractivity contribution in [3.63, 3.8) is 0 Å². The number of benzene rings is 1. The Labute approximate surface area is 116 Å². The number of aromatic nitrogens is 2. The number of hydrogen-bond donors (Lipinski definition) is 3. The Morgan fingerprint density at radius 2 is 2.05 bits per heavy atom. The Hall–Kier alpha value is -1.73. The number of nitrogens with zero attached hydrogens (tertiary/aromatic N) is 1. The van der Waals surface area contributed by atoms with Crippen molar-refractivity contribution < 1.29 is 8.42 Å². The molecular formula is C11H13ClN4O2S. The zero-order valence-corrected chi connectivity index (χ0v) is 11.9. The molecule has 0 unspecified atom stereocenters. The first-order chi connectivity index (χ1) is 8.79. The van der Waals surface area contributed by atoms with Crippen LogP contribution in [0.5, 0.6) is 0 Å². The molecule has 102 valence electrons. The van der Waals surface area contributed by atoms with E-state index >= 15 is 0 Å². The molecule has 0 aliphatic carbocycles. The van der Waals surface area contributed by atoms with Crippen molar-refractivity contribution in [3.05, 3.63) is 34.7 Å². The standard InChI is InChI=1S/C11H13ClN4O2S/c1-6-3-9(13)8(12)4-10(6)16-19(17,18)11-5-14-7(2)15-11/h3-5,16H,13H2,1-2H3,(H,14,15). The minimum atomic E-state index is -3.71. The highest BCUT2D eigenvalue weighted by Crippen LogP contribution is 2.28. The summed E-state index contributed by atoms with van der Waals surface area (Å²) in [5.74, 6) is 0.521. The summed E-state index contributed by atoms with van der Waals surface area (Å²) in [5.41, 5.74) is 7.11. The van der Waals surface area contributed by atoms with Gasteiger partial charge in [-0.2, -0.15) is 8.42 Å². The summed E-state index contributed by atoms with van der Waals surface area (Å²) >= 11 is 5.88. The van der Waals surface area contributed by atoms with Crippen LogP contribution in [-0.2, 0) is 10.0 Å². The molecule has 0 fully saturated rings. The Bertz CT molecular complexity index is 724. The quantitative estimate of drug-likeness (QED) is 0.755. The summed E-state index contributed by atoms with van der Waals surface area (Å²) in [6, 6.07) is 3.09. The fourth-order valence-electron chi connectivity index (χ4n) is 1.55. The number of imidazole rings is 1. The lowest BCUT2D eigenvalue weighted by Gasteiger charge is -2.11. The summed E-state index contributed by atoms with van der Waals surface area (Å²) in [7, 11) is -3.71. The molecule has 0 atom stereocenters. The van der Waals surface area contributed by atoms with E-state index in [0.717, 1.165) is 0 Å². The highest BCUT2D eigenvalue weighted by Gasteiger charge is 2.18. The molecule has 4 N–H and O–H groups in total. The highest BCUT2D eigenvalue weighted by atomic mass is 35.5. The van der Waals surface area contributed by atoms with E-state index in [1.165, 1.54) is 12.3 Å². The van der Waals surface area contributed by atoms with Gasteiger partial charge in [0.2, 0.25) is 0 Å². The third kappa shape index (κ3) is 2.82. The molecule has 1 aromatic heterocycles. The molecule has 1 aromatic carbocycles. The van der Waals surface area contributed by atoms with Gasteiger partial charge in [0.25, 0.3) is 10.0 Å². The van der Waals surface area contributed by atoms with Gasteiger partial charge in [-0.05, 0) is 31.5 Å². The number of nitrogens with one attached hydrogen (secondary N) is 2. The Kier molecular flexibility index (Phi) is 3.42. The Morgan fingerprint density at radius 3 is 2.63 bits per heavy atom. The predicted octanol–water partition coefficient (Wildman–Crippen LogP) is 2.06. The fraction of sp³-hybridized carbons (Fsp3) is 0.182. The molecule has 0 aliphatic heterocycles. The molecular weight excluding hydrogens is 288 g/mol. The van der Waals surface area contributed by atoms with Crippen LogP contribution >= 0.6 is 11.6 Å². The summed E-state index contributed by atoms with van der Waals surface area (Å²) in [6.45, 7) is 3.41. The third-order valence-electron chi connectivity index (χ3n) is 2.56. The number of anilines is 2. The minimum absolute atomic E-state index is 0.00246. The first-order valence-electron chi connectivity index (χ1n) is 5.39. The average molecular weight is 301 g/mol. The highest BCUT2D eigenvalue weighted by molar-refractivity contribution is 7.92. The maximum Gasteiger partial charge on any atom is 0.278 e. The van der Waals surface area contributed by atoms with Gasteiger partial charge in [-0.15, -0.1) is 0 Å². The van der Waals surface area contributed by atoms with E-state index in [9.17, 15) is 8.42 Å². The van der Waals surface area contributed by atoms with Gasteiger partial charge in [0, 0.05) is 0 Å².